The molecule has 0 bridgehead atoms. The van der Waals surface area contributed by atoms with Crippen molar-refractivity contribution in [3.63, 3.8) is 0 Å². The van der Waals surface area contributed by atoms with E-state index in [4.69, 9.17) is 34.8 Å². The number of rotatable bonds is 23. The predicted octanol–water partition coefficient (Wildman–Crippen LogP) is 6.15. The number of unbranched alkanes of at least 4 members (excludes halogenated alkanes) is 7. The third kappa shape index (κ3) is 13.1. The first kappa shape index (κ1) is 33.5. The molecule has 38 heavy (non-hydrogen) atoms. The average molecular weight is 541 g/mol. The summed E-state index contributed by atoms with van der Waals surface area (Å²) in [5, 5.41) is 10.2. The summed E-state index contributed by atoms with van der Waals surface area (Å²) in [5.74, 6) is 2.59. The monoisotopic (exact) mass is 540 g/mol. The molecule has 0 radical (unpaired) electrons. The third-order valence-corrected chi connectivity index (χ3v) is 7.96. The summed E-state index contributed by atoms with van der Waals surface area (Å²) in [4.78, 5) is 0. The number of ether oxygens (including phenoxy) is 6. The number of aliphatic hydroxyl groups is 1. The van der Waals surface area contributed by atoms with Gasteiger partial charge in [-0.25, -0.2) is 0 Å². The van der Waals surface area contributed by atoms with Crippen LogP contribution in [-0.2, 0) is 28.4 Å². The van der Waals surface area contributed by atoms with E-state index in [9.17, 15) is 5.11 Å². The van der Waals surface area contributed by atoms with Crippen LogP contribution in [0.15, 0.2) is 0 Å². The Bertz CT molecular complexity index is 610. The van der Waals surface area contributed by atoms with Crippen molar-refractivity contribution in [1.29, 1.82) is 0 Å². The molecule has 1 N–H and O–H groups in total. The van der Waals surface area contributed by atoms with E-state index < -0.39 is 6.10 Å². The molecule has 2 fully saturated rings. The van der Waals surface area contributed by atoms with Crippen LogP contribution in [0.2, 0.25) is 0 Å². The Morgan fingerprint density at radius 1 is 0.737 bits per heavy atom. The first-order chi connectivity index (χ1) is 18.6. The Kier molecular flexibility index (Phi) is 18.6. The van der Waals surface area contributed by atoms with Crippen LogP contribution in [0.1, 0.15) is 116 Å². The van der Waals surface area contributed by atoms with Gasteiger partial charge in [0.2, 0.25) is 0 Å². The van der Waals surface area contributed by atoms with Crippen molar-refractivity contribution in [2.24, 2.45) is 0 Å². The lowest BCUT2D eigenvalue weighted by molar-refractivity contribution is -0.158. The molecular weight excluding hydrogens is 484 g/mol. The fourth-order valence-electron chi connectivity index (χ4n) is 5.77. The summed E-state index contributed by atoms with van der Waals surface area (Å²) in [6.07, 6.45) is 23.0. The largest absolute Gasteiger partial charge is 0.393 e. The molecule has 2 saturated heterocycles. The fraction of sp³-hybridized carbons (Fsp3) is 0.935. The standard InChI is InChI=1S/C31H56O7/c1-5-7-9-10-11-12-13-14-16-26(35-23-33-3)28-19-21-30(37-28)31-22-20-29(38-31)27(36-24-34-4)18-17-25(32)15-8-6-2/h2,25-32H,5,7-24H2,1,3-4H3/t25?,26-,27?,28-,29-,30-,31-/m1/s1. The summed E-state index contributed by atoms with van der Waals surface area (Å²) in [6, 6.07) is 0. The molecule has 0 aromatic carbocycles. The lowest BCUT2D eigenvalue weighted by Gasteiger charge is -2.27. The SMILES string of the molecule is C#CCCC(O)CCC(OCOC)[C@H]1CC[C@H]([C@H]2CC[C@H]([C@@H](CCCCCCCCCC)OCOC)O2)O1. The van der Waals surface area contributed by atoms with Crippen LogP contribution in [0.5, 0.6) is 0 Å². The van der Waals surface area contributed by atoms with Gasteiger partial charge >= 0.3 is 0 Å². The van der Waals surface area contributed by atoms with Crippen LogP contribution >= 0.6 is 0 Å². The van der Waals surface area contributed by atoms with Crippen LogP contribution < -0.4 is 0 Å². The van der Waals surface area contributed by atoms with Crippen molar-refractivity contribution >= 4 is 0 Å². The Morgan fingerprint density at radius 2 is 1.26 bits per heavy atom. The van der Waals surface area contributed by atoms with E-state index in [0.717, 1.165) is 32.1 Å². The topological polar surface area (TPSA) is 75.6 Å². The zero-order valence-electron chi connectivity index (χ0n) is 24.5. The molecular formula is C31H56O7. The minimum absolute atomic E-state index is 0.0181. The number of methoxy groups -OCH3 is 2. The van der Waals surface area contributed by atoms with Gasteiger partial charge in [-0.15, -0.1) is 12.3 Å². The molecule has 7 heteroatoms. The van der Waals surface area contributed by atoms with Crippen LogP contribution in [0.25, 0.3) is 0 Å². The van der Waals surface area contributed by atoms with E-state index in [-0.39, 0.29) is 43.4 Å². The van der Waals surface area contributed by atoms with Crippen LogP contribution in [0.3, 0.4) is 0 Å². The summed E-state index contributed by atoms with van der Waals surface area (Å²) >= 11 is 0. The normalized spacial score (nSPS) is 25.9. The lowest BCUT2D eigenvalue weighted by Crippen LogP contribution is -2.35. The molecule has 0 saturated carbocycles. The maximum Gasteiger partial charge on any atom is 0.146 e. The number of hydrogen-bond donors (Lipinski definition) is 1. The summed E-state index contributed by atoms with van der Waals surface area (Å²) in [6.45, 7) is 2.79. The summed E-state index contributed by atoms with van der Waals surface area (Å²) in [7, 11) is 3.30. The molecule has 2 rings (SSSR count). The Balaban J connectivity index is 1.78. The van der Waals surface area contributed by atoms with Gasteiger partial charge in [-0.2, -0.15) is 0 Å². The average Bonchev–Trinajstić information content (AvgIpc) is 3.61. The van der Waals surface area contributed by atoms with Crippen molar-refractivity contribution < 1.29 is 33.5 Å². The third-order valence-electron chi connectivity index (χ3n) is 7.96. The van der Waals surface area contributed by atoms with Crippen molar-refractivity contribution in [2.45, 2.75) is 159 Å². The molecule has 0 aliphatic carbocycles. The van der Waals surface area contributed by atoms with E-state index in [1.807, 2.05) is 0 Å². The molecule has 2 aliphatic rings. The van der Waals surface area contributed by atoms with Gasteiger partial charge in [0.1, 0.15) is 13.6 Å². The highest BCUT2D eigenvalue weighted by Gasteiger charge is 2.42. The lowest BCUT2D eigenvalue weighted by atomic mass is 10.00. The molecule has 2 unspecified atom stereocenters. The minimum atomic E-state index is -0.416. The Hall–Kier alpha value is -0.720. The van der Waals surface area contributed by atoms with Gasteiger partial charge in [-0.3, -0.25) is 0 Å². The second kappa shape index (κ2) is 21.1. The van der Waals surface area contributed by atoms with E-state index in [0.29, 0.717) is 32.5 Å². The number of aliphatic hydroxyl groups excluding tert-OH is 1. The Morgan fingerprint density at radius 3 is 1.79 bits per heavy atom. The zero-order chi connectivity index (χ0) is 27.4. The molecule has 0 aromatic rings. The minimum Gasteiger partial charge on any atom is -0.393 e. The maximum atomic E-state index is 10.2. The van der Waals surface area contributed by atoms with E-state index in [1.165, 1.54) is 51.4 Å². The molecule has 2 aliphatic heterocycles. The number of hydrogen-bond acceptors (Lipinski definition) is 7. The highest BCUT2D eigenvalue weighted by atomic mass is 16.7. The maximum absolute atomic E-state index is 10.2. The molecule has 2 heterocycles. The zero-order valence-corrected chi connectivity index (χ0v) is 24.5. The second-order valence-corrected chi connectivity index (χ2v) is 11.0. The molecule has 222 valence electrons. The van der Waals surface area contributed by atoms with Gasteiger partial charge in [0.05, 0.1) is 42.7 Å². The molecule has 7 nitrogen and oxygen atoms in total. The van der Waals surface area contributed by atoms with E-state index in [2.05, 4.69) is 12.8 Å². The van der Waals surface area contributed by atoms with Gasteiger partial charge in [0, 0.05) is 20.6 Å². The van der Waals surface area contributed by atoms with Gasteiger partial charge in [0.15, 0.2) is 0 Å². The van der Waals surface area contributed by atoms with Gasteiger partial charge < -0.3 is 33.5 Å². The fourth-order valence-corrected chi connectivity index (χ4v) is 5.77. The first-order valence-electron chi connectivity index (χ1n) is 15.3. The van der Waals surface area contributed by atoms with Crippen LogP contribution in [-0.4, -0.2) is 75.6 Å². The summed E-state index contributed by atoms with van der Waals surface area (Å²) in [5.41, 5.74) is 0. The molecule has 0 spiro atoms. The van der Waals surface area contributed by atoms with Crippen LogP contribution in [0.4, 0.5) is 0 Å². The predicted molar refractivity (Wildman–Crippen MR) is 150 cm³/mol. The quantitative estimate of drug-likeness (QED) is 0.0947. The van der Waals surface area contributed by atoms with Gasteiger partial charge in [0.25, 0.3) is 0 Å². The van der Waals surface area contributed by atoms with Gasteiger partial charge in [-0.1, -0.05) is 58.3 Å². The number of terminal acetylenes is 1. The van der Waals surface area contributed by atoms with Gasteiger partial charge in [-0.05, 0) is 51.4 Å². The first-order valence-corrected chi connectivity index (χ1v) is 15.3. The van der Waals surface area contributed by atoms with E-state index in [1.54, 1.807) is 14.2 Å². The molecule has 7 atom stereocenters. The van der Waals surface area contributed by atoms with Crippen molar-refractivity contribution in [2.75, 3.05) is 27.8 Å². The molecule has 0 aromatic heterocycles. The van der Waals surface area contributed by atoms with Crippen molar-refractivity contribution in [3.05, 3.63) is 0 Å². The molecule has 0 amide bonds. The van der Waals surface area contributed by atoms with Crippen molar-refractivity contribution in [1.82, 2.24) is 0 Å². The highest BCUT2D eigenvalue weighted by molar-refractivity contribution is 4.90. The second-order valence-electron chi connectivity index (χ2n) is 11.0. The van der Waals surface area contributed by atoms with Crippen molar-refractivity contribution in [3.8, 4) is 12.3 Å². The summed E-state index contributed by atoms with van der Waals surface area (Å²) < 4.78 is 35.5. The highest BCUT2D eigenvalue weighted by Crippen LogP contribution is 2.36. The van der Waals surface area contributed by atoms with Crippen LogP contribution in [0, 0.1) is 12.3 Å². The van der Waals surface area contributed by atoms with E-state index >= 15 is 0 Å². The Labute approximate surface area is 232 Å². The smallest absolute Gasteiger partial charge is 0.146 e.